The van der Waals surface area contributed by atoms with E-state index in [2.05, 4.69) is 10.3 Å². The van der Waals surface area contributed by atoms with E-state index in [9.17, 15) is 9.59 Å². The maximum atomic E-state index is 12.5. The molecule has 0 unspecified atom stereocenters. The fraction of sp³-hybridized carbons (Fsp3) is 0.412. The monoisotopic (exact) mass is 333 g/mol. The van der Waals surface area contributed by atoms with Gasteiger partial charge in [0.1, 0.15) is 6.04 Å². The molecule has 0 aliphatic carbocycles. The lowest BCUT2D eigenvalue weighted by Gasteiger charge is -2.23. The molecule has 1 atom stereocenters. The van der Waals surface area contributed by atoms with Crippen LogP contribution in [0.25, 0.3) is 10.9 Å². The standard InChI is InChI=1S/C17H20ClN3O2/c1-19-17(23)15-3-2-8-21(15)16(22)7-4-11-10-20-14-6-5-12(18)9-13(11)14/h5-6,9-10,15,20H,2-4,7-8H2,1H3,(H,19,23)/t15-/m0/s1. The van der Waals surface area contributed by atoms with Gasteiger partial charge in [0.25, 0.3) is 0 Å². The molecule has 1 aliphatic heterocycles. The number of benzene rings is 1. The topological polar surface area (TPSA) is 65.2 Å². The third kappa shape index (κ3) is 3.20. The number of halogens is 1. The van der Waals surface area contributed by atoms with E-state index in [1.54, 1.807) is 11.9 Å². The van der Waals surface area contributed by atoms with E-state index in [1.165, 1.54) is 0 Å². The number of amides is 2. The molecular weight excluding hydrogens is 314 g/mol. The number of aryl methyl sites for hydroxylation is 1. The van der Waals surface area contributed by atoms with Gasteiger partial charge in [0.2, 0.25) is 11.8 Å². The first-order valence-corrected chi connectivity index (χ1v) is 8.24. The first-order chi connectivity index (χ1) is 11.1. The Labute approximate surface area is 140 Å². The predicted octanol–water partition coefficient (Wildman–Crippen LogP) is 2.49. The van der Waals surface area contributed by atoms with Gasteiger partial charge < -0.3 is 15.2 Å². The summed E-state index contributed by atoms with van der Waals surface area (Å²) in [6, 6.07) is 5.37. The lowest BCUT2D eigenvalue weighted by molar-refractivity contribution is -0.138. The fourth-order valence-electron chi connectivity index (χ4n) is 3.25. The number of rotatable bonds is 4. The van der Waals surface area contributed by atoms with E-state index in [4.69, 9.17) is 11.6 Å². The summed E-state index contributed by atoms with van der Waals surface area (Å²) >= 11 is 6.05. The number of fused-ring (bicyclic) bond motifs is 1. The van der Waals surface area contributed by atoms with Gasteiger partial charge in [0.05, 0.1) is 0 Å². The SMILES string of the molecule is CNC(=O)[C@@H]1CCCN1C(=O)CCc1c[nH]c2ccc(Cl)cc12. The molecule has 3 rings (SSSR count). The molecule has 1 aliphatic rings. The molecule has 1 aromatic carbocycles. The molecule has 0 bridgehead atoms. The third-order valence-electron chi connectivity index (χ3n) is 4.46. The third-order valence-corrected chi connectivity index (χ3v) is 4.69. The number of carbonyl (C=O) groups is 2. The van der Waals surface area contributed by atoms with Crippen LogP contribution in [0, 0.1) is 0 Å². The summed E-state index contributed by atoms with van der Waals surface area (Å²) in [7, 11) is 1.61. The summed E-state index contributed by atoms with van der Waals surface area (Å²) in [6.07, 6.45) is 4.58. The maximum absolute atomic E-state index is 12.5. The first kappa shape index (κ1) is 15.9. The first-order valence-electron chi connectivity index (χ1n) is 7.86. The van der Waals surface area contributed by atoms with Crippen molar-refractivity contribution >= 4 is 34.3 Å². The minimum absolute atomic E-state index is 0.0347. The second-order valence-electron chi connectivity index (χ2n) is 5.86. The van der Waals surface area contributed by atoms with Crippen molar-refractivity contribution in [3.8, 4) is 0 Å². The number of hydrogen-bond acceptors (Lipinski definition) is 2. The second-order valence-corrected chi connectivity index (χ2v) is 6.30. The van der Waals surface area contributed by atoms with Crippen molar-refractivity contribution in [2.75, 3.05) is 13.6 Å². The lowest BCUT2D eigenvalue weighted by Crippen LogP contribution is -2.44. The van der Waals surface area contributed by atoms with Gasteiger partial charge >= 0.3 is 0 Å². The molecule has 0 radical (unpaired) electrons. The Hall–Kier alpha value is -2.01. The van der Waals surface area contributed by atoms with E-state index >= 15 is 0 Å². The van der Waals surface area contributed by atoms with Crippen molar-refractivity contribution in [1.82, 2.24) is 15.2 Å². The van der Waals surface area contributed by atoms with Crippen molar-refractivity contribution in [3.63, 3.8) is 0 Å². The van der Waals surface area contributed by atoms with Crippen LogP contribution in [0.3, 0.4) is 0 Å². The van der Waals surface area contributed by atoms with Crippen molar-refractivity contribution in [1.29, 1.82) is 0 Å². The summed E-state index contributed by atoms with van der Waals surface area (Å²) in [4.78, 5) is 29.2. The van der Waals surface area contributed by atoms with Crippen LogP contribution >= 0.6 is 11.6 Å². The van der Waals surface area contributed by atoms with E-state index in [-0.39, 0.29) is 17.9 Å². The normalized spacial score (nSPS) is 17.7. The Bertz CT molecular complexity index is 741. The van der Waals surface area contributed by atoms with E-state index in [1.807, 2.05) is 24.4 Å². The maximum Gasteiger partial charge on any atom is 0.242 e. The molecular formula is C17H20ClN3O2. The quantitative estimate of drug-likeness (QED) is 0.902. The fourth-order valence-corrected chi connectivity index (χ4v) is 3.42. The number of likely N-dealkylation sites (tertiary alicyclic amines) is 1. The van der Waals surface area contributed by atoms with Crippen LogP contribution in [0.15, 0.2) is 24.4 Å². The molecule has 2 amide bonds. The van der Waals surface area contributed by atoms with Crippen molar-refractivity contribution in [3.05, 3.63) is 35.0 Å². The highest BCUT2D eigenvalue weighted by molar-refractivity contribution is 6.31. The van der Waals surface area contributed by atoms with E-state index in [0.29, 0.717) is 24.4 Å². The molecule has 1 aromatic heterocycles. The van der Waals surface area contributed by atoms with Gasteiger partial charge in [-0.15, -0.1) is 0 Å². The van der Waals surface area contributed by atoms with Crippen LogP contribution in [0.5, 0.6) is 0 Å². The zero-order chi connectivity index (χ0) is 16.4. The summed E-state index contributed by atoms with van der Waals surface area (Å²) in [5.74, 6) is -0.0396. The van der Waals surface area contributed by atoms with Crippen LogP contribution in [0.4, 0.5) is 0 Å². The molecule has 6 heteroatoms. The van der Waals surface area contributed by atoms with Gasteiger partial charge in [-0.1, -0.05) is 11.6 Å². The molecule has 0 saturated carbocycles. The van der Waals surface area contributed by atoms with Crippen molar-refractivity contribution in [2.24, 2.45) is 0 Å². The highest BCUT2D eigenvalue weighted by Gasteiger charge is 2.33. The predicted molar refractivity (Wildman–Crippen MR) is 90.4 cm³/mol. The Morgan fingerprint density at radius 2 is 2.26 bits per heavy atom. The van der Waals surface area contributed by atoms with Gasteiger partial charge in [0, 0.05) is 42.1 Å². The molecule has 2 N–H and O–H groups in total. The highest BCUT2D eigenvalue weighted by Crippen LogP contribution is 2.24. The Balaban J connectivity index is 1.68. The number of nitrogens with zero attached hydrogens (tertiary/aromatic N) is 1. The molecule has 1 saturated heterocycles. The van der Waals surface area contributed by atoms with Crippen molar-refractivity contribution < 1.29 is 9.59 Å². The molecule has 5 nitrogen and oxygen atoms in total. The molecule has 1 fully saturated rings. The summed E-state index contributed by atoms with van der Waals surface area (Å²) in [5, 5.41) is 4.37. The van der Waals surface area contributed by atoms with Gasteiger partial charge in [-0.25, -0.2) is 0 Å². The van der Waals surface area contributed by atoms with Crippen molar-refractivity contribution in [2.45, 2.75) is 31.7 Å². The number of aromatic amines is 1. The summed E-state index contributed by atoms with van der Waals surface area (Å²) in [6.45, 7) is 0.663. The Morgan fingerprint density at radius 3 is 3.04 bits per heavy atom. The number of hydrogen-bond donors (Lipinski definition) is 2. The smallest absolute Gasteiger partial charge is 0.242 e. The number of carbonyl (C=O) groups excluding carboxylic acids is 2. The van der Waals surface area contributed by atoms with Crippen LogP contribution in [0.2, 0.25) is 5.02 Å². The minimum atomic E-state index is -0.315. The molecule has 122 valence electrons. The zero-order valence-corrected chi connectivity index (χ0v) is 13.8. The average Bonchev–Trinajstić information content (AvgIpc) is 3.18. The Morgan fingerprint density at radius 1 is 1.43 bits per heavy atom. The number of nitrogens with one attached hydrogen (secondary N) is 2. The van der Waals surface area contributed by atoms with Gasteiger partial charge in [-0.3, -0.25) is 9.59 Å². The number of likely N-dealkylation sites (N-methyl/N-ethyl adjacent to an activating group) is 1. The summed E-state index contributed by atoms with van der Waals surface area (Å²) < 4.78 is 0. The van der Waals surface area contributed by atoms with Crippen LogP contribution in [0.1, 0.15) is 24.8 Å². The number of H-pyrrole nitrogens is 1. The number of aromatic nitrogens is 1. The zero-order valence-electron chi connectivity index (χ0n) is 13.1. The average molecular weight is 334 g/mol. The molecule has 0 spiro atoms. The molecule has 2 heterocycles. The van der Waals surface area contributed by atoms with Gasteiger partial charge in [-0.05, 0) is 43.0 Å². The largest absolute Gasteiger partial charge is 0.361 e. The molecule has 2 aromatic rings. The van der Waals surface area contributed by atoms with E-state index < -0.39 is 0 Å². The Kier molecular flexibility index (Phi) is 4.57. The minimum Gasteiger partial charge on any atom is -0.361 e. The van der Waals surface area contributed by atoms with Crippen LogP contribution in [-0.4, -0.2) is 41.3 Å². The van der Waals surface area contributed by atoms with Crippen LogP contribution < -0.4 is 5.32 Å². The second kappa shape index (κ2) is 6.62. The molecule has 23 heavy (non-hydrogen) atoms. The van der Waals surface area contributed by atoms with Gasteiger partial charge in [0.15, 0.2) is 0 Å². The summed E-state index contributed by atoms with van der Waals surface area (Å²) in [5.41, 5.74) is 2.09. The highest BCUT2D eigenvalue weighted by atomic mass is 35.5. The lowest BCUT2D eigenvalue weighted by atomic mass is 10.1. The van der Waals surface area contributed by atoms with Gasteiger partial charge in [-0.2, -0.15) is 0 Å². The van der Waals surface area contributed by atoms with E-state index in [0.717, 1.165) is 29.3 Å². The van der Waals surface area contributed by atoms with Crippen LogP contribution in [-0.2, 0) is 16.0 Å².